The highest BCUT2D eigenvalue weighted by Crippen LogP contribution is 2.46. The number of amides is 2. The van der Waals surface area contributed by atoms with Gasteiger partial charge in [-0.2, -0.15) is 4.39 Å². The van der Waals surface area contributed by atoms with Crippen molar-refractivity contribution in [1.82, 2.24) is 4.98 Å². The summed E-state index contributed by atoms with van der Waals surface area (Å²) in [6.07, 6.45) is 0.592. The van der Waals surface area contributed by atoms with Crippen molar-refractivity contribution in [3.8, 4) is 0 Å². The Kier molecular flexibility index (Phi) is 4.81. The predicted octanol–water partition coefficient (Wildman–Crippen LogP) is 3.47. The molecule has 0 spiro atoms. The van der Waals surface area contributed by atoms with Crippen LogP contribution in [0.3, 0.4) is 0 Å². The molecule has 0 aliphatic carbocycles. The van der Waals surface area contributed by atoms with E-state index in [1.807, 2.05) is 13.8 Å². The molecule has 6 nitrogen and oxygen atoms in total. The van der Waals surface area contributed by atoms with E-state index in [-0.39, 0.29) is 16.7 Å². The van der Waals surface area contributed by atoms with Crippen LogP contribution >= 0.6 is 11.3 Å². The van der Waals surface area contributed by atoms with Gasteiger partial charge in [-0.25, -0.2) is 4.98 Å². The normalized spacial score (nSPS) is 17.7. The van der Waals surface area contributed by atoms with Gasteiger partial charge in [-0.1, -0.05) is 19.9 Å². The van der Waals surface area contributed by atoms with Crippen molar-refractivity contribution in [1.29, 1.82) is 0 Å². The van der Waals surface area contributed by atoms with E-state index in [1.165, 1.54) is 23.5 Å². The molecule has 1 aliphatic rings. The summed E-state index contributed by atoms with van der Waals surface area (Å²) in [6.45, 7) is 8.49. The smallest absolute Gasteiger partial charge is 0.274 e. The molecule has 1 aliphatic heterocycles. The number of carbonyl (C=O) groups excluding carboxylic acids is 2. The van der Waals surface area contributed by atoms with Gasteiger partial charge < -0.3 is 15.8 Å². The number of halogens is 1. The zero-order chi connectivity index (χ0) is 20.0. The van der Waals surface area contributed by atoms with Gasteiger partial charge in [0.2, 0.25) is 5.95 Å². The van der Waals surface area contributed by atoms with Crippen LogP contribution < -0.4 is 11.1 Å². The second kappa shape index (κ2) is 6.69. The van der Waals surface area contributed by atoms with E-state index in [9.17, 15) is 14.0 Å². The number of nitrogens with zero attached hydrogens (tertiary/aromatic N) is 1. The third kappa shape index (κ3) is 3.86. The van der Waals surface area contributed by atoms with Crippen LogP contribution in [0, 0.1) is 11.4 Å². The molecule has 3 rings (SSSR count). The number of thiophene rings is 1. The molecule has 2 aromatic heterocycles. The summed E-state index contributed by atoms with van der Waals surface area (Å²) < 4.78 is 19.4. The Labute approximate surface area is 160 Å². The van der Waals surface area contributed by atoms with Crippen LogP contribution in [0.2, 0.25) is 0 Å². The lowest BCUT2D eigenvalue weighted by Crippen LogP contribution is -2.25. The molecule has 27 heavy (non-hydrogen) atoms. The maximum Gasteiger partial charge on any atom is 0.274 e. The Morgan fingerprint density at radius 2 is 2.00 bits per heavy atom. The molecule has 0 bridgehead atoms. The summed E-state index contributed by atoms with van der Waals surface area (Å²) in [7, 11) is 0. The fraction of sp³-hybridized carbons (Fsp3) is 0.421. The maximum absolute atomic E-state index is 13.3. The Bertz CT molecular complexity index is 921. The molecule has 0 radical (unpaired) electrons. The number of carbonyl (C=O) groups is 2. The largest absolute Gasteiger partial charge is 0.369 e. The zero-order valence-corrected chi connectivity index (χ0v) is 16.5. The van der Waals surface area contributed by atoms with Crippen molar-refractivity contribution in [3.05, 3.63) is 45.8 Å². The fourth-order valence-electron chi connectivity index (χ4n) is 3.14. The van der Waals surface area contributed by atoms with E-state index in [4.69, 9.17) is 10.5 Å². The average molecular weight is 391 g/mol. The first kappa shape index (κ1) is 19.4. The fourth-order valence-corrected chi connectivity index (χ4v) is 4.42. The Morgan fingerprint density at radius 1 is 1.30 bits per heavy atom. The van der Waals surface area contributed by atoms with Gasteiger partial charge in [-0.15, -0.1) is 11.3 Å². The number of hydrogen-bond donors (Lipinski definition) is 2. The number of fused-ring (bicyclic) bond motifs is 1. The predicted molar refractivity (Wildman–Crippen MR) is 101 cm³/mol. The molecule has 0 saturated heterocycles. The third-order valence-corrected chi connectivity index (χ3v) is 5.91. The molecule has 2 amide bonds. The summed E-state index contributed by atoms with van der Waals surface area (Å²) >= 11 is 1.26. The minimum Gasteiger partial charge on any atom is -0.369 e. The molecule has 0 saturated carbocycles. The third-order valence-electron chi connectivity index (χ3n) is 4.45. The van der Waals surface area contributed by atoms with E-state index in [0.29, 0.717) is 18.0 Å². The molecule has 8 heteroatoms. The number of rotatable bonds is 3. The van der Waals surface area contributed by atoms with Crippen LogP contribution in [0.25, 0.3) is 0 Å². The van der Waals surface area contributed by atoms with Gasteiger partial charge in [-0.05, 0) is 43.4 Å². The first-order valence-corrected chi connectivity index (χ1v) is 9.36. The lowest BCUT2D eigenvalue weighted by molar-refractivity contribution is -0.0488. The van der Waals surface area contributed by atoms with Crippen molar-refractivity contribution in [2.45, 2.75) is 39.7 Å². The maximum atomic E-state index is 13.3. The van der Waals surface area contributed by atoms with E-state index in [1.54, 1.807) is 0 Å². The summed E-state index contributed by atoms with van der Waals surface area (Å²) in [4.78, 5) is 29.1. The van der Waals surface area contributed by atoms with Crippen LogP contribution in [0.5, 0.6) is 0 Å². The second-order valence-electron chi connectivity index (χ2n) is 7.92. The molecule has 0 atom stereocenters. The number of primary amides is 1. The first-order chi connectivity index (χ1) is 12.5. The van der Waals surface area contributed by atoms with Crippen molar-refractivity contribution in [3.63, 3.8) is 0 Å². The van der Waals surface area contributed by atoms with Crippen molar-refractivity contribution in [2.24, 2.45) is 11.1 Å². The summed E-state index contributed by atoms with van der Waals surface area (Å²) in [6, 6.07) is 3.95. The van der Waals surface area contributed by atoms with Gasteiger partial charge in [0.1, 0.15) is 10.7 Å². The highest BCUT2D eigenvalue weighted by atomic mass is 32.1. The summed E-state index contributed by atoms with van der Waals surface area (Å²) in [5.74, 6) is -1.98. The van der Waals surface area contributed by atoms with Gasteiger partial charge in [0, 0.05) is 4.88 Å². The topological polar surface area (TPSA) is 94.3 Å². The van der Waals surface area contributed by atoms with Crippen molar-refractivity contribution >= 4 is 28.2 Å². The molecule has 144 valence electrons. The van der Waals surface area contributed by atoms with E-state index in [2.05, 4.69) is 24.1 Å². The minimum atomic E-state index is -0.754. The van der Waals surface area contributed by atoms with Crippen LogP contribution in [-0.2, 0) is 16.8 Å². The SMILES string of the molecule is CC1(C)COC(C)(C)c2sc(NC(=O)c3cccc(F)n3)c(C(N)=O)c2C1. The van der Waals surface area contributed by atoms with Gasteiger partial charge in [0.25, 0.3) is 11.8 Å². The zero-order valence-electron chi connectivity index (χ0n) is 15.7. The molecule has 3 heterocycles. The monoisotopic (exact) mass is 391 g/mol. The molecule has 2 aromatic rings. The number of nitrogens with one attached hydrogen (secondary N) is 1. The number of pyridine rings is 1. The number of nitrogens with two attached hydrogens (primary N) is 1. The second-order valence-corrected chi connectivity index (χ2v) is 8.94. The number of ether oxygens (including phenoxy) is 1. The highest BCUT2D eigenvalue weighted by Gasteiger charge is 2.39. The van der Waals surface area contributed by atoms with Crippen LogP contribution in [0.4, 0.5) is 9.39 Å². The summed E-state index contributed by atoms with van der Waals surface area (Å²) in [5, 5.41) is 3.00. The molecule has 0 fully saturated rings. The van der Waals surface area contributed by atoms with Crippen LogP contribution in [0.15, 0.2) is 18.2 Å². The van der Waals surface area contributed by atoms with Crippen LogP contribution in [0.1, 0.15) is 59.0 Å². The highest BCUT2D eigenvalue weighted by molar-refractivity contribution is 7.17. The average Bonchev–Trinajstić information content (AvgIpc) is 2.87. The lowest BCUT2D eigenvalue weighted by Gasteiger charge is -2.26. The minimum absolute atomic E-state index is 0.0788. The van der Waals surface area contributed by atoms with Crippen LogP contribution in [-0.4, -0.2) is 23.4 Å². The number of anilines is 1. The van der Waals surface area contributed by atoms with E-state index >= 15 is 0 Å². The molecule has 3 N–H and O–H groups in total. The molecule has 0 unspecified atom stereocenters. The molecular formula is C19H22FN3O3S. The van der Waals surface area contributed by atoms with E-state index < -0.39 is 23.4 Å². The van der Waals surface area contributed by atoms with Crippen molar-refractivity contribution in [2.75, 3.05) is 11.9 Å². The van der Waals surface area contributed by atoms with Gasteiger partial charge in [-0.3, -0.25) is 9.59 Å². The van der Waals surface area contributed by atoms with Gasteiger partial charge in [0.15, 0.2) is 0 Å². The Balaban J connectivity index is 2.07. The Morgan fingerprint density at radius 3 is 2.63 bits per heavy atom. The summed E-state index contributed by atoms with van der Waals surface area (Å²) in [5.41, 5.74) is 5.83. The quantitative estimate of drug-likeness (QED) is 0.784. The number of aromatic nitrogens is 1. The van der Waals surface area contributed by atoms with Gasteiger partial charge >= 0.3 is 0 Å². The first-order valence-electron chi connectivity index (χ1n) is 8.54. The molecule has 0 aromatic carbocycles. The standard InChI is InChI=1S/C19H22FN3O3S/c1-18(2)8-10-13(15(21)24)17(27-14(10)19(3,4)26-9-18)23-16(25)11-6-5-7-12(20)22-11/h5-7H,8-9H2,1-4H3,(H2,21,24)(H,23,25). The van der Waals surface area contributed by atoms with Gasteiger partial charge in [0.05, 0.1) is 17.8 Å². The van der Waals surface area contributed by atoms with E-state index in [0.717, 1.165) is 16.5 Å². The number of hydrogen-bond acceptors (Lipinski definition) is 5. The molecular weight excluding hydrogens is 369 g/mol. The Hall–Kier alpha value is -2.32. The van der Waals surface area contributed by atoms with Crippen molar-refractivity contribution < 1.29 is 18.7 Å². The lowest BCUT2D eigenvalue weighted by atomic mass is 9.85.